The number of benzene rings is 12. The second kappa shape index (κ2) is 11.5. The lowest BCUT2D eigenvalue weighted by Gasteiger charge is -2.19. The van der Waals surface area contributed by atoms with Gasteiger partial charge in [-0.15, -0.1) is 0 Å². The summed E-state index contributed by atoms with van der Waals surface area (Å²) in [6.45, 7) is 0. The standard InChI is InChI=1S/C56H32O/c1-2-13-51-46(12-1)50-31-40(23-29-52(50)57-51)39-10-5-11-41(30-39)44-25-22-42(43-24-18-37-16-14-33-6-3-8-35-20-27-47(43)55(37)53(33)35)32-49(44)45-26-19-38-17-15-34-7-4-9-36-21-28-48(45)56(38)54(34)36/h1-32H/i1D,2D,3D,4D,5D,6D,7D,8D,9D,10D,11D,12D,13D,14D,15D,16D,17D,18D,19D,20D,21D,22D,23D,24D,25D,26D,27D,28D,29D,30D,31D,32D. The second-order valence-corrected chi connectivity index (χ2v) is 13.0. The number of hydrogen-bond acceptors (Lipinski definition) is 1. The van der Waals surface area contributed by atoms with Gasteiger partial charge in [0.2, 0.25) is 0 Å². The third-order valence-corrected chi connectivity index (χ3v) is 9.95. The highest BCUT2D eigenvalue weighted by atomic mass is 16.3. The van der Waals surface area contributed by atoms with Crippen LogP contribution in [-0.2, 0) is 0 Å². The van der Waals surface area contributed by atoms with Gasteiger partial charge in [0.1, 0.15) is 11.2 Å². The van der Waals surface area contributed by atoms with Gasteiger partial charge >= 0.3 is 0 Å². The maximum absolute atomic E-state index is 10.5. The fraction of sp³-hybridized carbons (Fsp3) is 0. The van der Waals surface area contributed by atoms with Gasteiger partial charge in [-0.3, -0.25) is 0 Å². The van der Waals surface area contributed by atoms with Crippen LogP contribution < -0.4 is 0 Å². The molecular formula is C56H32O. The first-order valence-electron chi connectivity index (χ1n) is 33.2. The van der Waals surface area contributed by atoms with Gasteiger partial charge in [0.25, 0.3) is 0 Å². The SMILES string of the molecule is [2H]c1c([2H])c(-c2c([2H])c([2H])c(-c3c([2H])c([2H])c4c([2H])c([2H])c5c([2H])c([2H])c([2H])c6c([2H])c([2H])c3c4c56)c([2H])c2-c2c([2H])c([2H])c3c([2H])c([2H])c4c([2H])c([2H])c([2H])c5c([2H])c([2H])c2c3c45)c([2H])c(-c2c([2H])c([2H])c3oc4c([2H])c([2H])c([2H])c([2H])c4c3c2[2H])c1[2H]. The summed E-state index contributed by atoms with van der Waals surface area (Å²) in [5.74, 6) is 0. The molecule has 0 unspecified atom stereocenters. The zero-order chi connectivity index (χ0) is 65.0. The molecule has 0 saturated carbocycles. The molecule has 0 radical (unpaired) electrons. The lowest BCUT2D eigenvalue weighted by atomic mass is 9.84. The highest BCUT2D eigenvalue weighted by Crippen LogP contribution is 2.46. The van der Waals surface area contributed by atoms with Crippen LogP contribution in [-0.4, -0.2) is 0 Å². The van der Waals surface area contributed by atoms with Crippen molar-refractivity contribution in [3.05, 3.63) is 193 Å². The minimum atomic E-state index is -1.25. The zero-order valence-electron chi connectivity index (χ0n) is 60.4. The van der Waals surface area contributed by atoms with E-state index in [0.717, 1.165) is 0 Å². The van der Waals surface area contributed by atoms with E-state index in [1.54, 1.807) is 0 Å². The van der Waals surface area contributed by atoms with Gasteiger partial charge in [0, 0.05) is 10.8 Å². The van der Waals surface area contributed by atoms with E-state index in [9.17, 15) is 24.7 Å². The maximum Gasteiger partial charge on any atom is 0.135 e. The van der Waals surface area contributed by atoms with Gasteiger partial charge in [-0.05, 0) is 139 Å². The van der Waals surface area contributed by atoms with Crippen LogP contribution in [0.3, 0.4) is 0 Å². The van der Waals surface area contributed by atoms with Crippen molar-refractivity contribution in [3.63, 3.8) is 0 Å². The quantitative estimate of drug-likeness (QED) is 0.163. The molecule has 0 atom stereocenters. The molecule has 0 bridgehead atoms. The van der Waals surface area contributed by atoms with Crippen molar-refractivity contribution in [2.75, 3.05) is 0 Å². The van der Waals surface area contributed by atoms with Crippen molar-refractivity contribution < 1.29 is 48.3 Å². The van der Waals surface area contributed by atoms with E-state index in [-0.39, 0.29) is 5.39 Å². The molecule has 13 rings (SSSR count). The van der Waals surface area contributed by atoms with Crippen LogP contribution in [0.1, 0.15) is 43.9 Å². The average molecular weight is 753 g/mol. The molecule has 0 aliphatic rings. The van der Waals surface area contributed by atoms with Crippen LogP contribution >= 0.6 is 0 Å². The summed E-state index contributed by atoms with van der Waals surface area (Å²) < 4.78 is 303. The Bertz CT molecular complexity index is 5580. The molecule has 1 heteroatoms. The van der Waals surface area contributed by atoms with Gasteiger partial charge in [-0.25, -0.2) is 0 Å². The molecule has 1 nitrogen and oxygen atoms in total. The lowest BCUT2D eigenvalue weighted by molar-refractivity contribution is 0.669. The van der Waals surface area contributed by atoms with E-state index in [1.165, 1.54) is 0 Å². The normalized spacial score (nSPS) is 20.1. The smallest absolute Gasteiger partial charge is 0.135 e. The number of furan rings is 1. The Labute approximate surface area is 373 Å². The summed E-state index contributed by atoms with van der Waals surface area (Å²) in [5.41, 5.74) is -8.74. The summed E-state index contributed by atoms with van der Waals surface area (Å²) in [4.78, 5) is 0. The van der Waals surface area contributed by atoms with Crippen molar-refractivity contribution in [1.29, 1.82) is 0 Å². The molecule has 0 saturated heterocycles. The van der Waals surface area contributed by atoms with E-state index >= 15 is 0 Å². The topological polar surface area (TPSA) is 13.1 Å². The third-order valence-electron chi connectivity index (χ3n) is 9.95. The molecule has 0 spiro atoms. The molecule has 0 aliphatic carbocycles. The Kier molecular flexibility index (Phi) is 2.69. The molecule has 262 valence electrons. The summed E-state index contributed by atoms with van der Waals surface area (Å²) in [7, 11) is 0. The van der Waals surface area contributed by atoms with Crippen molar-refractivity contribution in [3.8, 4) is 44.5 Å². The van der Waals surface area contributed by atoms with E-state index in [4.69, 9.17) is 23.6 Å². The Morgan fingerprint density at radius 3 is 1.47 bits per heavy atom. The highest BCUT2D eigenvalue weighted by molar-refractivity contribution is 6.27. The van der Waals surface area contributed by atoms with Crippen LogP contribution in [0.15, 0.2) is 198 Å². The molecule has 13 aromatic rings. The van der Waals surface area contributed by atoms with Crippen molar-refractivity contribution >= 4 is 86.6 Å². The fourth-order valence-corrected chi connectivity index (χ4v) is 7.43. The van der Waals surface area contributed by atoms with Crippen molar-refractivity contribution in [1.82, 2.24) is 0 Å². The van der Waals surface area contributed by atoms with Crippen molar-refractivity contribution in [2.45, 2.75) is 0 Å². The lowest BCUT2D eigenvalue weighted by Crippen LogP contribution is -1.92. The Hall–Kier alpha value is -7.48. The first-order valence-corrected chi connectivity index (χ1v) is 17.2. The number of hydrogen-bond donors (Lipinski definition) is 0. The Morgan fingerprint density at radius 1 is 0.263 bits per heavy atom. The zero-order valence-corrected chi connectivity index (χ0v) is 28.4. The largest absolute Gasteiger partial charge is 0.456 e. The van der Waals surface area contributed by atoms with Gasteiger partial charge in [-0.2, -0.15) is 0 Å². The third kappa shape index (κ3) is 4.46. The number of fused-ring (bicyclic) bond motifs is 3. The molecule has 57 heavy (non-hydrogen) atoms. The molecule has 0 fully saturated rings. The summed E-state index contributed by atoms with van der Waals surface area (Å²) in [6.07, 6.45) is 0. The molecule has 0 amide bonds. The van der Waals surface area contributed by atoms with Gasteiger partial charge < -0.3 is 4.42 Å². The summed E-state index contributed by atoms with van der Waals surface area (Å²) in [6, 6.07) is -30.1. The van der Waals surface area contributed by atoms with Crippen LogP contribution in [0.4, 0.5) is 0 Å². The van der Waals surface area contributed by atoms with Gasteiger partial charge in [0.15, 0.2) is 0 Å². The van der Waals surface area contributed by atoms with Crippen LogP contribution in [0, 0.1) is 0 Å². The minimum Gasteiger partial charge on any atom is -0.456 e. The Balaban J connectivity index is 1.29. The molecule has 1 heterocycles. The second-order valence-electron chi connectivity index (χ2n) is 13.0. The maximum atomic E-state index is 10.5. The van der Waals surface area contributed by atoms with Crippen LogP contribution in [0.25, 0.3) is 131 Å². The first-order chi connectivity index (χ1) is 41.6. The van der Waals surface area contributed by atoms with Crippen LogP contribution in [0.5, 0.6) is 0 Å². The van der Waals surface area contributed by atoms with Gasteiger partial charge in [-0.1, -0.05) is 163 Å². The van der Waals surface area contributed by atoms with E-state index in [2.05, 4.69) is 0 Å². The van der Waals surface area contributed by atoms with Crippen molar-refractivity contribution in [2.24, 2.45) is 0 Å². The number of para-hydroxylation sites is 1. The summed E-state index contributed by atoms with van der Waals surface area (Å²) in [5, 5.41) is -7.28. The minimum absolute atomic E-state index is 0.373. The molecule has 0 N–H and O–H groups in total. The predicted molar refractivity (Wildman–Crippen MR) is 243 cm³/mol. The molecule has 1 aromatic heterocycles. The van der Waals surface area contributed by atoms with Gasteiger partial charge in [0.05, 0.1) is 43.9 Å². The monoisotopic (exact) mass is 752 g/mol. The number of rotatable bonds is 4. The molecule has 0 aliphatic heterocycles. The fourth-order valence-electron chi connectivity index (χ4n) is 7.43. The average Bonchev–Trinajstić information content (AvgIpc) is 1.26. The molecule has 12 aromatic carbocycles. The van der Waals surface area contributed by atoms with E-state index in [1.807, 2.05) is 0 Å². The molecular weight excluding hydrogens is 689 g/mol. The summed E-state index contributed by atoms with van der Waals surface area (Å²) >= 11 is 0. The van der Waals surface area contributed by atoms with Crippen LogP contribution in [0.2, 0.25) is 0 Å². The van der Waals surface area contributed by atoms with E-state index < -0.39 is 319 Å². The first kappa shape index (κ1) is 13.3. The van der Waals surface area contributed by atoms with E-state index in [0.29, 0.717) is 0 Å². The highest BCUT2D eigenvalue weighted by Gasteiger charge is 2.19. The predicted octanol–water partition coefficient (Wildman–Crippen LogP) is 16.0. The Morgan fingerprint density at radius 2 is 0.754 bits per heavy atom.